The molecule has 4 heterocycles. The minimum Gasteiger partial charge on any atom is -1.00 e. The van der Waals surface area contributed by atoms with Crippen molar-refractivity contribution in [2.45, 2.75) is 77.2 Å². The van der Waals surface area contributed by atoms with Crippen molar-refractivity contribution in [3.8, 4) is 0 Å². The normalized spacial score (nSPS) is 10.6. The van der Waals surface area contributed by atoms with Gasteiger partial charge in [0, 0.05) is 96.8 Å². The summed E-state index contributed by atoms with van der Waals surface area (Å²) in [5.74, 6) is 0. The van der Waals surface area contributed by atoms with Gasteiger partial charge in [-0.2, -0.15) is 13.7 Å². The highest BCUT2D eigenvalue weighted by molar-refractivity contribution is 9.09. The van der Waals surface area contributed by atoms with Crippen molar-refractivity contribution in [2.24, 2.45) is 0 Å². The number of rotatable bonds is 9. The molecule has 0 amide bonds. The first-order valence-corrected chi connectivity index (χ1v) is 26.6. The van der Waals surface area contributed by atoms with Crippen LogP contribution in [-0.4, -0.2) is 12.1 Å². The van der Waals surface area contributed by atoms with Gasteiger partial charge in [0.2, 0.25) is 16.6 Å². The van der Waals surface area contributed by atoms with Crippen molar-refractivity contribution < 1.29 is 70.4 Å². The van der Waals surface area contributed by atoms with Crippen molar-refractivity contribution in [1.82, 2.24) is 4.98 Å². The van der Waals surface area contributed by atoms with Gasteiger partial charge in [-0.05, 0) is 140 Å². The van der Waals surface area contributed by atoms with E-state index >= 15 is 0 Å². The standard InChI is InChI=1S/C39H36N3.C12H15Br3.C9H7N.CH3F.3BrH/c1-28-34(25-40-22-10-16-31-13-4-7-19-37(31)40)29(2)36(27-42-24-12-18-33-15-6-9-21-39(33)42)30(3)35(28)26-41-23-11-17-32-14-5-8-20-38(32)41;1-7-10(4-13)8(2)12(6-15)9(3)11(7)5-14;1-2-6-9-8(4-1)5-3-7-10-9;1-2;;;/h4-24H,25-27H2,1-3H3;4-6H2,1-3H3;1-7H;1H3;3*1H/q+3;;;;;;/p-3/i;;;1D;;;. The molecule has 0 atom stereocenters. The molecule has 0 bridgehead atoms. The highest BCUT2D eigenvalue weighted by atomic mass is 79.9. The molecule has 11 heteroatoms. The summed E-state index contributed by atoms with van der Waals surface area (Å²) in [5, 5.41) is 7.80. The molecular weight excluding hydrogens is 1290 g/mol. The Bertz CT molecular complexity index is 3000. The number of hydrogen-bond donors (Lipinski definition) is 0. The Labute approximate surface area is 483 Å². The maximum atomic E-state index is 9.96. The zero-order valence-electron chi connectivity index (χ0n) is 42.6. The number of benzene rings is 6. The molecule has 0 fully saturated rings. The molecule has 374 valence electrons. The Hall–Kier alpha value is -4.23. The molecule has 4 aromatic heterocycles. The van der Waals surface area contributed by atoms with E-state index in [2.05, 4.69) is 248 Å². The van der Waals surface area contributed by atoms with Gasteiger partial charge in [0.25, 0.3) is 0 Å². The second-order valence-electron chi connectivity index (χ2n) is 17.3. The summed E-state index contributed by atoms with van der Waals surface area (Å²) < 4.78 is 22.7. The molecule has 0 saturated heterocycles. The summed E-state index contributed by atoms with van der Waals surface area (Å²) >= 11 is 10.7. The molecule has 0 unspecified atom stereocenters. The molecule has 0 N–H and O–H groups in total. The SMILES string of the molecule is Cc1c(CBr)c(C)c(CBr)c(C)c1CBr.Cc1c(C[n+]2cccc3ccccc32)c(C)c(C[n+]2cccc3ccccc32)c(C)c1C[n+]1cccc2ccccc21.[2H]CF.[Br-].[Br-].[Br-].c1ccc2ncccc2c1. The van der Waals surface area contributed by atoms with E-state index < -0.39 is 7.15 Å². The number of aromatic nitrogens is 4. The second-order valence-corrected chi connectivity index (χ2v) is 19.0. The van der Waals surface area contributed by atoms with E-state index in [1.54, 1.807) is 0 Å². The first-order chi connectivity index (χ1) is 34.0. The number of alkyl halides is 4. The van der Waals surface area contributed by atoms with Gasteiger partial charge in [0.1, 0.15) is 0 Å². The summed E-state index contributed by atoms with van der Waals surface area (Å²) in [6.07, 6.45) is 8.47. The van der Waals surface area contributed by atoms with Gasteiger partial charge in [-0.3, -0.25) is 9.37 Å². The maximum absolute atomic E-state index is 9.96. The molecule has 10 rings (SSSR count). The minimum atomic E-state index is -1.00. The lowest BCUT2D eigenvalue weighted by atomic mass is 9.87. The first kappa shape index (κ1) is 58.7. The Morgan fingerprint density at radius 3 is 0.972 bits per heavy atom. The number of halogens is 7. The van der Waals surface area contributed by atoms with Gasteiger partial charge in [-0.15, -0.1) is 0 Å². The average Bonchev–Trinajstić information content (AvgIpc) is 3.39. The average molecular weight is 1350 g/mol. The fourth-order valence-electron chi connectivity index (χ4n) is 9.70. The monoisotopic (exact) mass is 1340 g/mol. The zero-order chi connectivity index (χ0) is 49.7. The van der Waals surface area contributed by atoms with Gasteiger partial charge in [-0.1, -0.05) is 108 Å². The molecule has 0 aliphatic rings. The van der Waals surface area contributed by atoms with Crippen molar-refractivity contribution in [3.05, 3.63) is 237 Å². The van der Waals surface area contributed by atoms with E-state index in [9.17, 15) is 4.39 Å². The summed E-state index contributed by atoms with van der Waals surface area (Å²) in [6, 6.07) is 51.3. The summed E-state index contributed by atoms with van der Waals surface area (Å²) in [4.78, 5) is 4.18. The topological polar surface area (TPSA) is 24.5 Å². The molecule has 4 nitrogen and oxygen atoms in total. The number of pyridine rings is 4. The highest BCUT2D eigenvalue weighted by Crippen LogP contribution is 2.32. The number of para-hydroxylation sites is 4. The molecule has 0 aliphatic carbocycles. The van der Waals surface area contributed by atoms with Crippen LogP contribution in [-0.2, 0) is 35.6 Å². The lowest BCUT2D eigenvalue weighted by molar-refractivity contribution is -0.664. The van der Waals surface area contributed by atoms with Gasteiger partial charge in [-0.25, -0.2) is 0 Å². The summed E-state index contributed by atoms with van der Waals surface area (Å²) in [7, 11) is -1.00. The number of hydrogen-bond acceptors (Lipinski definition) is 1. The Kier molecular flexibility index (Phi) is 23.6. The summed E-state index contributed by atoms with van der Waals surface area (Å²) in [6.45, 7) is 16.1. The van der Waals surface area contributed by atoms with Crippen molar-refractivity contribution >= 4 is 91.4 Å². The predicted molar refractivity (Wildman–Crippen MR) is 298 cm³/mol. The van der Waals surface area contributed by atoms with Crippen LogP contribution < -0.4 is 64.6 Å². The molecule has 72 heavy (non-hydrogen) atoms. The quantitative estimate of drug-likeness (QED) is 0.125. The van der Waals surface area contributed by atoms with Crippen molar-refractivity contribution in [3.63, 3.8) is 0 Å². The molecule has 0 spiro atoms. The third-order valence-corrected chi connectivity index (χ3v) is 15.4. The highest BCUT2D eigenvalue weighted by Gasteiger charge is 2.26. The van der Waals surface area contributed by atoms with Gasteiger partial charge < -0.3 is 50.9 Å². The Balaban J connectivity index is 0.000000306. The maximum Gasteiger partial charge on any atom is 0.212 e. The van der Waals surface area contributed by atoms with Crippen LogP contribution in [0.3, 0.4) is 0 Å². The van der Waals surface area contributed by atoms with E-state index in [1.165, 1.54) is 105 Å². The van der Waals surface area contributed by atoms with Crippen LogP contribution in [0.15, 0.2) is 170 Å². The van der Waals surface area contributed by atoms with Crippen LogP contribution in [0.25, 0.3) is 43.6 Å². The van der Waals surface area contributed by atoms with Crippen LogP contribution in [0.5, 0.6) is 0 Å². The van der Waals surface area contributed by atoms with Crippen LogP contribution >= 0.6 is 47.8 Å². The summed E-state index contributed by atoms with van der Waals surface area (Å²) in [5.41, 5.74) is 21.8. The lowest BCUT2D eigenvalue weighted by Crippen LogP contribution is -3.00. The van der Waals surface area contributed by atoms with Crippen LogP contribution in [0.2, 0.25) is 0 Å². The molecule has 6 aromatic carbocycles. The lowest BCUT2D eigenvalue weighted by Gasteiger charge is -2.19. The molecule has 10 aromatic rings. The van der Waals surface area contributed by atoms with Crippen LogP contribution in [0, 0.1) is 41.5 Å². The van der Waals surface area contributed by atoms with Crippen molar-refractivity contribution in [1.29, 1.82) is 0 Å². The van der Waals surface area contributed by atoms with Gasteiger partial charge >= 0.3 is 0 Å². The van der Waals surface area contributed by atoms with Crippen LogP contribution in [0.4, 0.5) is 4.39 Å². The van der Waals surface area contributed by atoms with Gasteiger partial charge in [0.05, 0.1) is 14.0 Å². The van der Waals surface area contributed by atoms with Gasteiger partial charge in [0.15, 0.2) is 38.2 Å². The van der Waals surface area contributed by atoms with Crippen molar-refractivity contribution in [2.75, 3.05) is 7.15 Å². The third-order valence-electron chi connectivity index (χ3n) is 13.7. The minimum absolute atomic E-state index is 0. The molecule has 0 aliphatic heterocycles. The van der Waals surface area contributed by atoms with E-state index in [-0.39, 0.29) is 50.9 Å². The second kappa shape index (κ2) is 29.0. The number of fused-ring (bicyclic) bond motifs is 4. The third kappa shape index (κ3) is 13.5. The molecule has 0 radical (unpaired) electrons. The molecular formula is C61H61Br6FN4. The predicted octanol–water partition coefficient (Wildman–Crippen LogP) is 6.21. The fraction of sp³-hybridized carbons (Fsp3) is 0.213. The number of nitrogens with zero attached hydrogens (tertiary/aromatic N) is 4. The Morgan fingerprint density at radius 1 is 0.389 bits per heavy atom. The molecule has 0 saturated carbocycles. The zero-order valence-corrected chi connectivity index (χ0v) is 51.1. The van der Waals surface area contributed by atoms with E-state index in [0.717, 1.165) is 41.1 Å². The van der Waals surface area contributed by atoms with E-state index in [0.29, 0.717) is 0 Å². The van der Waals surface area contributed by atoms with E-state index in [4.69, 9.17) is 1.37 Å². The van der Waals surface area contributed by atoms with E-state index in [1.807, 2.05) is 30.5 Å². The largest absolute Gasteiger partial charge is 1.00 e. The Morgan fingerprint density at radius 2 is 0.653 bits per heavy atom. The first-order valence-electron chi connectivity index (χ1n) is 23.9. The fourth-order valence-corrected chi connectivity index (χ4v) is 12.2. The smallest absolute Gasteiger partial charge is 0.212 e. The van der Waals surface area contributed by atoms with Crippen LogP contribution in [0.1, 0.15) is 68.1 Å².